The van der Waals surface area contributed by atoms with E-state index in [1.165, 1.54) is 26.5 Å². The molecule has 126 valence electrons. The SMILES string of the molecule is COc1ccc(Cl)cc1C(=O)NN=Cc1cc(Br)cc(OC)c1O. The average Bonchev–Trinajstić information content (AvgIpc) is 2.57. The van der Waals surface area contributed by atoms with Crippen molar-refractivity contribution in [2.75, 3.05) is 14.2 Å². The fourth-order valence-electron chi connectivity index (χ4n) is 1.93. The minimum Gasteiger partial charge on any atom is -0.504 e. The maximum atomic E-state index is 12.2. The van der Waals surface area contributed by atoms with Crippen molar-refractivity contribution in [2.45, 2.75) is 0 Å². The summed E-state index contributed by atoms with van der Waals surface area (Å²) in [6.45, 7) is 0. The molecule has 2 aromatic rings. The van der Waals surface area contributed by atoms with E-state index in [1.54, 1.807) is 24.3 Å². The number of phenols is 1. The quantitative estimate of drug-likeness (QED) is 0.580. The van der Waals surface area contributed by atoms with Crippen molar-refractivity contribution in [3.05, 3.63) is 51.0 Å². The molecule has 0 aliphatic heterocycles. The second-order valence-corrected chi connectivity index (χ2v) is 5.94. The summed E-state index contributed by atoms with van der Waals surface area (Å²) in [5.74, 6) is 0.0822. The van der Waals surface area contributed by atoms with Crippen molar-refractivity contribution in [1.82, 2.24) is 5.43 Å². The highest BCUT2D eigenvalue weighted by Crippen LogP contribution is 2.32. The Labute approximate surface area is 152 Å². The van der Waals surface area contributed by atoms with Gasteiger partial charge in [-0.2, -0.15) is 5.10 Å². The Morgan fingerprint density at radius 3 is 2.62 bits per heavy atom. The van der Waals surface area contributed by atoms with Gasteiger partial charge in [-0.15, -0.1) is 0 Å². The number of halogens is 2. The molecule has 1 amide bonds. The van der Waals surface area contributed by atoms with E-state index < -0.39 is 5.91 Å². The number of carbonyl (C=O) groups excluding carboxylic acids is 1. The van der Waals surface area contributed by atoms with Crippen molar-refractivity contribution in [3.8, 4) is 17.2 Å². The maximum Gasteiger partial charge on any atom is 0.275 e. The minimum absolute atomic E-state index is 0.0842. The molecular formula is C16H14BrClN2O4. The molecule has 2 rings (SSSR count). The summed E-state index contributed by atoms with van der Waals surface area (Å²) >= 11 is 9.19. The number of ether oxygens (including phenoxy) is 2. The van der Waals surface area contributed by atoms with Gasteiger partial charge in [-0.1, -0.05) is 27.5 Å². The molecule has 2 N–H and O–H groups in total. The highest BCUT2D eigenvalue weighted by atomic mass is 79.9. The zero-order chi connectivity index (χ0) is 17.7. The number of hydrogen-bond acceptors (Lipinski definition) is 5. The number of carbonyl (C=O) groups is 1. The van der Waals surface area contributed by atoms with Crippen LogP contribution < -0.4 is 14.9 Å². The molecule has 24 heavy (non-hydrogen) atoms. The third-order valence-corrected chi connectivity index (χ3v) is 3.76. The normalized spacial score (nSPS) is 10.7. The van der Waals surface area contributed by atoms with Crippen LogP contribution in [0.5, 0.6) is 17.2 Å². The molecule has 0 aliphatic rings. The molecule has 0 atom stereocenters. The number of nitrogens with zero attached hydrogens (tertiary/aromatic N) is 1. The molecular weight excluding hydrogens is 400 g/mol. The number of nitrogens with one attached hydrogen (secondary N) is 1. The van der Waals surface area contributed by atoms with Gasteiger partial charge >= 0.3 is 0 Å². The Balaban J connectivity index is 2.19. The maximum absolute atomic E-state index is 12.2. The van der Waals surface area contributed by atoms with E-state index >= 15 is 0 Å². The smallest absolute Gasteiger partial charge is 0.275 e. The van der Waals surface area contributed by atoms with Crippen molar-refractivity contribution in [3.63, 3.8) is 0 Å². The molecule has 0 radical (unpaired) electrons. The number of rotatable bonds is 5. The molecule has 0 bridgehead atoms. The van der Waals surface area contributed by atoms with Crippen LogP contribution in [0.25, 0.3) is 0 Å². The molecule has 0 saturated heterocycles. The van der Waals surface area contributed by atoms with Gasteiger partial charge in [-0.25, -0.2) is 5.43 Å². The standard InChI is InChI=1S/C16H14BrClN2O4/c1-23-13-4-3-11(18)7-12(13)16(22)20-19-8-9-5-10(17)6-14(24-2)15(9)21/h3-8,21H,1-2H3,(H,20,22). The first-order valence-electron chi connectivity index (χ1n) is 6.69. The fraction of sp³-hybridized carbons (Fsp3) is 0.125. The average molecular weight is 414 g/mol. The van der Waals surface area contributed by atoms with Crippen molar-refractivity contribution < 1.29 is 19.4 Å². The second kappa shape index (κ2) is 8.03. The molecule has 0 aromatic heterocycles. The summed E-state index contributed by atoms with van der Waals surface area (Å²) in [4.78, 5) is 12.2. The Kier molecular flexibility index (Phi) is 6.05. The van der Waals surface area contributed by atoms with Crippen LogP contribution >= 0.6 is 27.5 Å². The first kappa shape index (κ1) is 18.1. The second-order valence-electron chi connectivity index (χ2n) is 4.59. The monoisotopic (exact) mass is 412 g/mol. The molecule has 0 saturated carbocycles. The minimum atomic E-state index is -0.493. The topological polar surface area (TPSA) is 80.2 Å². The van der Waals surface area contributed by atoms with E-state index in [4.69, 9.17) is 21.1 Å². The van der Waals surface area contributed by atoms with E-state index in [-0.39, 0.29) is 17.1 Å². The molecule has 0 fully saturated rings. The third kappa shape index (κ3) is 4.18. The zero-order valence-corrected chi connectivity index (χ0v) is 15.2. The third-order valence-electron chi connectivity index (χ3n) is 3.06. The first-order chi connectivity index (χ1) is 11.5. The van der Waals surface area contributed by atoms with Gasteiger partial charge in [0.15, 0.2) is 11.5 Å². The lowest BCUT2D eigenvalue weighted by Gasteiger charge is -2.08. The summed E-state index contributed by atoms with van der Waals surface area (Å²) in [5, 5.41) is 14.3. The van der Waals surface area contributed by atoms with Crippen molar-refractivity contribution >= 4 is 39.7 Å². The van der Waals surface area contributed by atoms with Crippen molar-refractivity contribution in [1.29, 1.82) is 0 Å². The number of aromatic hydroxyl groups is 1. The van der Waals surface area contributed by atoms with Crippen molar-refractivity contribution in [2.24, 2.45) is 5.10 Å². The fourth-order valence-corrected chi connectivity index (χ4v) is 2.55. The molecule has 0 aliphatic carbocycles. The summed E-state index contributed by atoms with van der Waals surface area (Å²) in [5.41, 5.74) is 2.98. The molecule has 8 heteroatoms. The predicted molar refractivity (Wildman–Crippen MR) is 95.4 cm³/mol. The van der Waals surface area contributed by atoms with Gasteiger partial charge in [0.1, 0.15) is 5.75 Å². The van der Waals surface area contributed by atoms with Crippen LogP contribution in [0.4, 0.5) is 0 Å². The van der Waals surface area contributed by atoms with E-state index in [1.807, 2.05) is 0 Å². The lowest BCUT2D eigenvalue weighted by molar-refractivity contribution is 0.0952. The van der Waals surface area contributed by atoms with Crippen LogP contribution in [0.2, 0.25) is 5.02 Å². The number of hydrazone groups is 1. The van der Waals surface area contributed by atoms with E-state index in [9.17, 15) is 9.90 Å². The number of benzene rings is 2. The van der Waals surface area contributed by atoms with Crippen LogP contribution in [0.15, 0.2) is 39.9 Å². The van der Waals surface area contributed by atoms with E-state index in [0.717, 1.165) is 0 Å². The van der Waals surface area contributed by atoms with Gasteiger partial charge in [-0.3, -0.25) is 4.79 Å². The van der Waals surface area contributed by atoms with Crippen LogP contribution in [-0.2, 0) is 0 Å². The van der Waals surface area contributed by atoms with Gasteiger partial charge in [0.25, 0.3) is 5.91 Å². The van der Waals surface area contributed by atoms with Gasteiger partial charge in [0.05, 0.1) is 26.0 Å². The highest BCUT2D eigenvalue weighted by molar-refractivity contribution is 9.10. The first-order valence-corrected chi connectivity index (χ1v) is 7.86. The summed E-state index contributed by atoms with van der Waals surface area (Å²) in [6.07, 6.45) is 1.30. The lowest BCUT2D eigenvalue weighted by atomic mass is 10.2. The van der Waals surface area contributed by atoms with Gasteiger partial charge in [0.2, 0.25) is 0 Å². The summed E-state index contributed by atoms with van der Waals surface area (Å²) in [7, 11) is 2.89. The molecule has 0 heterocycles. The number of phenolic OH excluding ortho intramolecular Hbond substituents is 1. The Morgan fingerprint density at radius 2 is 1.96 bits per heavy atom. The number of methoxy groups -OCH3 is 2. The highest BCUT2D eigenvalue weighted by Gasteiger charge is 2.13. The molecule has 0 unspecified atom stereocenters. The predicted octanol–water partition coefficient (Wildman–Crippen LogP) is 3.59. The Morgan fingerprint density at radius 1 is 1.25 bits per heavy atom. The van der Waals surface area contributed by atoms with Crippen LogP contribution in [0, 0.1) is 0 Å². The van der Waals surface area contributed by atoms with Gasteiger partial charge in [-0.05, 0) is 30.3 Å². The zero-order valence-electron chi connectivity index (χ0n) is 12.8. The van der Waals surface area contributed by atoms with Gasteiger partial charge in [0, 0.05) is 15.1 Å². The molecule has 0 spiro atoms. The van der Waals surface area contributed by atoms with Crippen LogP contribution in [0.1, 0.15) is 15.9 Å². The van der Waals surface area contributed by atoms with E-state index in [2.05, 4.69) is 26.5 Å². The van der Waals surface area contributed by atoms with Crippen LogP contribution in [-0.4, -0.2) is 31.4 Å². The number of hydrogen-bond donors (Lipinski definition) is 2. The van der Waals surface area contributed by atoms with Gasteiger partial charge < -0.3 is 14.6 Å². The van der Waals surface area contributed by atoms with Crippen LogP contribution in [0.3, 0.4) is 0 Å². The molecule has 2 aromatic carbocycles. The largest absolute Gasteiger partial charge is 0.504 e. The Bertz CT molecular complexity index is 796. The summed E-state index contributed by atoms with van der Waals surface area (Å²) in [6, 6.07) is 7.93. The lowest BCUT2D eigenvalue weighted by Crippen LogP contribution is -2.18. The van der Waals surface area contributed by atoms with E-state index in [0.29, 0.717) is 20.8 Å². The Hall–Kier alpha value is -2.25. The summed E-state index contributed by atoms with van der Waals surface area (Å²) < 4.78 is 10.9. The number of amides is 1. The molecule has 6 nitrogen and oxygen atoms in total.